The summed E-state index contributed by atoms with van der Waals surface area (Å²) in [4.78, 5) is 25.4. The summed E-state index contributed by atoms with van der Waals surface area (Å²) in [7, 11) is 1.51. The Bertz CT molecular complexity index is 1260. The molecule has 5 heteroatoms. The van der Waals surface area contributed by atoms with Gasteiger partial charge in [-0.3, -0.25) is 9.59 Å². The number of fused-ring (bicyclic) bond motifs is 1. The molecule has 1 atom stereocenters. The van der Waals surface area contributed by atoms with Gasteiger partial charge in [-0.2, -0.15) is 0 Å². The fraction of sp³-hybridized carbons (Fsp3) is 0.400. The molecule has 0 aliphatic heterocycles. The maximum absolute atomic E-state index is 12.1. The number of thioether (sulfide) groups is 1. The molecule has 3 aromatic rings. The predicted octanol–water partition coefficient (Wildman–Crippen LogP) is 5.88. The normalized spacial score (nSPS) is 27.6. The molecule has 4 aliphatic rings. The molecule has 0 heterocycles. The molecule has 0 radical (unpaired) electrons. The van der Waals surface area contributed by atoms with E-state index in [1.807, 2.05) is 24.3 Å². The number of primary amides is 1. The Balaban J connectivity index is 1.22. The molecule has 0 aromatic heterocycles. The van der Waals surface area contributed by atoms with Crippen LogP contribution >= 0.6 is 11.8 Å². The second-order valence-electron chi connectivity index (χ2n) is 11.0. The zero-order valence-electron chi connectivity index (χ0n) is 20.1. The van der Waals surface area contributed by atoms with Crippen LogP contribution in [0.3, 0.4) is 0 Å². The van der Waals surface area contributed by atoms with Crippen molar-refractivity contribution in [3.8, 4) is 11.1 Å². The SMILES string of the molecule is CNC(=O)C(C(N)=O)c1ccc2cc(-c3ccc(SC45CC6CC(CC(C6)C4)C5)cc3)ccc2c1. The van der Waals surface area contributed by atoms with Crippen molar-refractivity contribution >= 4 is 34.3 Å². The van der Waals surface area contributed by atoms with Crippen LogP contribution in [-0.2, 0) is 9.59 Å². The Labute approximate surface area is 211 Å². The van der Waals surface area contributed by atoms with Crippen LogP contribution in [0.5, 0.6) is 0 Å². The number of nitrogens with one attached hydrogen (secondary N) is 1. The van der Waals surface area contributed by atoms with E-state index in [1.54, 1.807) is 0 Å². The van der Waals surface area contributed by atoms with Crippen LogP contribution in [0.15, 0.2) is 65.6 Å². The van der Waals surface area contributed by atoms with Crippen LogP contribution in [0.25, 0.3) is 21.9 Å². The highest BCUT2D eigenvalue weighted by Crippen LogP contribution is 2.61. The molecule has 4 bridgehead atoms. The highest BCUT2D eigenvalue weighted by Gasteiger charge is 2.51. The van der Waals surface area contributed by atoms with Crippen molar-refractivity contribution < 1.29 is 9.59 Å². The standard InChI is InChI=1S/C30H32N2O2S/c1-32-29(34)27(28(31)33)25-5-4-23-13-22(2-3-24(23)14-25)21-6-8-26(9-7-21)35-30-15-18-10-19(16-30)12-20(11-18)17-30/h2-9,13-14,18-20,27H,10-12,15-17H2,1H3,(H2,31,33)(H,32,34). The Morgan fingerprint density at radius 2 is 1.43 bits per heavy atom. The first kappa shape index (κ1) is 22.7. The lowest BCUT2D eigenvalue weighted by molar-refractivity contribution is -0.129. The third-order valence-electron chi connectivity index (χ3n) is 8.49. The quantitative estimate of drug-likeness (QED) is 0.429. The number of hydrogen-bond donors (Lipinski definition) is 2. The third-order valence-corrected chi connectivity index (χ3v) is 9.94. The van der Waals surface area contributed by atoms with Crippen molar-refractivity contribution in [2.24, 2.45) is 23.5 Å². The summed E-state index contributed by atoms with van der Waals surface area (Å²) in [6, 6.07) is 21.1. The average Bonchev–Trinajstić information content (AvgIpc) is 2.83. The van der Waals surface area contributed by atoms with E-state index in [0.717, 1.165) is 34.1 Å². The van der Waals surface area contributed by atoms with Crippen LogP contribution in [-0.4, -0.2) is 23.6 Å². The lowest BCUT2D eigenvalue weighted by atomic mass is 9.56. The topological polar surface area (TPSA) is 72.2 Å². The fourth-order valence-corrected chi connectivity index (χ4v) is 9.06. The van der Waals surface area contributed by atoms with Gasteiger partial charge in [-0.15, -0.1) is 11.8 Å². The number of likely N-dealkylation sites (N-methyl/N-ethyl adjacent to an activating group) is 1. The maximum atomic E-state index is 12.1. The zero-order chi connectivity index (χ0) is 24.2. The van der Waals surface area contributed by atoms with E-state index in [9.17, 15) is 9.59 Å². The minimum Gasteiger partial charge on any atom is -0.369 e. The van der Waals surface area contributed by atoms with Gasteiger partial charge in [0.25, 0.3) is 0 Å². The number of nitrogens with two attached hydrogens (primary N) is 1. The van der Waals surface area contributed by atoms with Crippen molar-refractivity contribution in [1.82, 2.24) is 5.32 Å². The van der Waals surface area contributed by atoms with Crippen LogP contribution in [0.4, 0.5) is 0 Å². The molecule has 2 amide bonds. The van der Waals surface area contributed by atoms with Gasteiger partial charge in [0.2, 0.25) is 11.8 Å². The van der Waals surface area contributed by atoms with Gasteiger partial charge in [-0.1, -0.05) is 36.4 Å². The van der Waals surface area contributed by atoms with Crippen molar-refractivity contribution in [3.63, 3.8) is 0 Å². The van der Waals surface area contributed by atoms with Gasteiger partial charge in [0.1, 0.15) is 5.92 Å². The molecule has 0 saturated heterocycles. The third kappa shape index (κ3) is 4.24. The zero-order valence-corrected chi connectivity index (χ0v) is 20.9. The second kappa shape index (κ2) is 8.70. The Kier molecular flexibility index (Phi) is 5.63. The van der Waals surface area contributed by atoms with Crippen LogP contribution < -0.4 is 11.1 Å². The van der Waals surface area contributed by atoms with E-state index < -0.39 is 11.8 Å². The Morgan fingerprint density at radius 3 is 2.03 bits per heavy atom. The van der Waals surface area contributed by atoms with Gasteiger partial charge in [-0.05, 0) is 108 Å². The van der Waals surface area contributed by atoms with Gasteiger partial charge in [0, 0.05) is 16.7 Å². The summed E-state index contributed by atoms with van der Waals surface area (Å²) in [5.74, 6) is 0.900. The molecular formula is C30H32N2O2S. The summed E-state index contributed by atoms with van der Waals surface area (Å²) < 4.78 is 0.481. The molecule has 0 spiro atoms. The summed E-state index contributed by atoms with van der Waals surface area (Å²) in [6.45, 7) is 0. The van der Waals surface area contributed by atoms with Gasteiger partial charge in [0.05, 0.1) is 0 Å². The van der Waals surface area contributed by atoms with Crippen molar-refractivity contribution in [1.29, 1.82) is 0 Å². The fourth-order valence-electron chi connectivity index (χ4n) is 7.33. The molecular weight excluding hydrogens is 452 g/mol. The average molecular weight is 485 g/mol. The summed E-state index contributed by atoms with van der Waals surface area (Å²) >= 11 is 2.15. The van der Waals surface area contributed by atoms with Crippen molar-refractivity contribution in [2.45, 2.75) is 54.1 Å². The van der Waals surface area contributed by atoms with Crippen LogP contribution in [0.1, 0.15) is 50.0 Å². The molecule has 1 unspecified atom stereocenters. The van der Waals surface area contributed by atoms with E-state index in [0.29, 0.717) is 10.3 Å². The molecule has 35 heavy (non-hydrogen) atoms. The number of benzene rings is 3. The second-order valence-corrected chi connectivity index (χ2v) is 12.5. The van der Waals surface area contributed by atoms with E-state index in [-0.39, 0.29) is 5.91 Å². The lowest BCUT2D eigenvalue weighted by Crippen LogP contribution is -2.48. The van der Waals surface area contributed by atoms with Gasteiger partial charge >= 0.3 is 0 Å². The number of amides is 2. The molecule has 3 N–H and O–H groups in total. The van der Waals surface area contributed by atoms with Gasteiger partial charge in [-0.25, -0.2) is 0 Å². The Morgan fingerprint density at radius 1 is 0.857 bits per heavy atom. The molecule has 180 valence electrons. The molecule has 4 fully saturated rings. The number of carbonyl (C=O) groups excluding carboxylic acids is 2. The molecule has 7 rings (SSSR count). The van der Waals surface area contributed by atoms with E-state index >= 15 is 0 Å². The number of hydrogen-bond acceptors (Lipinski definition) is 3. The predicted molar refractivity (Wildman–Crippen MR) is 142 cm³/mol. The minimum atomic E-state index is -0.983. The molecule has 3 aromatic carbocycles. The van der Waals surface area contributed by atoms with E-state index in [2.05, 4.69) is 53.5 Å². The summed E-state index contributed by atoms with van der Waals surface area (Å²) in [5.41, 5.74) is 8.47. The number of rotatable bonds is 6. The molecule has 4 saturated carbocycles. The monoisotopic (exact) mass is 484 g/mol. The lowest BCUT2D eigenvalue weighted by Gasteiger charge is -2.56. The Hall–Kier alpha value is -2.79. The largest absolute Gasteiger partial charge is 0.369 e. The number of carbonyl (C=O) groups is 2. The van der Waals surface area contributed by atoms with Crippen LogP contribution in [0.2, 0.25) is 0 Å². The van der Waals surface area contributed by atoms with E-state index in [1.165, 1.54) is 56.0 Å². The highest BCUT2D eigenvalue weighted by atomic mass is 32.2. The molecule has 4 aliphatic carbocycles. The first-order chi connectivity index (χ1) is 16.9. The minimum absolute atomic E-state index is 0.389. The van der Waals surface area contributed by atoms with E-state index in [4.69, 9.17) is 5.73 Å². The first-order valence-corrected chi connectivity index (χ1v) is 13.6. The first-order valence-electron chi connectivity index (χ1n) is 12.8. The molecule has 4 nitrogen and oxygen atoms in total. The van der Waals surface area contributed by atoms with Crippen molar-refractivity contribution in [3.05, 3.63) is 66.2 Å². The maximum Gasteiger partial charge on any atom is 0.236 e. The smallest absolute Gasteiger partial charge is 0.236 e. The van der Waals surface area contributed by atoms with Crippen LogP contribution in [0, 0.1) is 17.8 Å². The highest BCUT2D eigenvalue weighted by molar-refractivity contribution is 8.00. The van der Waals surface area contributed by atoms with Crippen molar-refractivity contribution in [2.75, 3.05) is 7.05 Å². The van der Waals surface area contributed by atoms with Gasteiger partial charge in [0.15, 0.2) is 0 Å². The summed E-state index contributed by atoms with van der Waals surface area (Å²) in [5, 5.41) is 4.58. The summed E-state index contributed by atoms with van der Waals surface area (Å²) in [6.07, 6.45) is 8.68. The van der Waals surface area contributed by atoms with Gasteiger partial charge < -0.3 is 11.1 Å².